The van der Waals surface area contributed by atoms with Crippen molar-refractivity contribution in [2.24, 2.45) is 5.73 Å². The lowest BCUT2D eigenvalue weighted by molar-refractivity contribution is -0.115. The number of furan rings is 1. The van der Waals surface area contributed by atoms with Crippen molar-refractivity contribution in [2.75, 3.05) is 18.2 Å². The first kappa shape index (κ1) is 22.7. The SMILES string of the molecule is COC(=O)c1ccccc1NC(=O)C1=C(C)NC(SCC(N)=O)=C(C#N)[C@H]1c1ccco1. The largest absolute Gasteiger partial charge is 0.468 e. The molecule has 0 unspecified atom stereocenters. The Kier molecular flexibility index (Phi) is 7.02. The fourth-order valence-electron chi connectivity index (χ4n) is 3.28. The average molecular weight is 452 g/mol. The van der Waals surface area contributed by atoms with Crippen LogP contribution in [0.2, 0.25) is 0 Å². The van der Waals surface area contributed by atoms with Crippen molar-refractivity contribution >= 4 is 35.2 Å². The number of esters is 1. The van der Waals surface area contributed by atoms with Crippen molar-refractivity contribution in [3.8, 4) is 6.07 Å². The van der Waals surface area contributed by atoms with Gasteiger partial charge in [0.2, 0.25) is 5.91 Å². The van der Waals surface area contributed by atoms with E-state index in [-0.39, 0.29) is 28.1 Å². The maximum atomic E-state index is 13.4. The molecule has 2 aromatic rings. The number of nitrogens with two attached hydrogens (primary N) is 1. The third kappa shape index (κ3) is 4.68. The van der Waals surface area contributed by atoms with Gasteiger partial charge in [0, 0.05) is 5.70 Å². The summed E-state index contributed by atoms with van der Waals surface area (Å²) in [6, 6.07) is 11.9. The molecule has 3 rings (SSSR count). The van der Waals surface area contributed by atoms with Gasteiger partial charge in [0.1, 0.15) is 5.76 Å². The number of carbonyl (C=O) groups excluding carboxylic acids is 3. The molecule has 0 radical (unpaired) electrons. The Hall–Kier alpha value is -3.97. The molecule has 0 bridgehead atoms. The van der Waals surface area contributed by atoms with Crippen molar-refractivity contribution < 1.29 is 23.5 Å². The highest BCUT2D eigenvalue weighted by molar-refractivity contribution is 8.03. The van der Waals surface area contributed by atoms with Crippen molar-refractivity contribution in [1.82, 2.24) is 5.32 Å². The van der Waals surface area contributed by atoms with Crippen LogP contribution in [0.15, 0.2) is 69.0 Å². The fraction of sp³-hybridized carbons (Fsp3) is 0.182. The molecule has 0 aliphatic carbocycles. The van der Waals surface area contributed by atoms with Gasteiger partial charge in [-0.05, 0) is 31.2 Å². The summed E-state index contributed by atoms with van der Waals surface area (Å²) in [6.07, 6.45) is 1.44. The van der Waals surface area contributed by atoms with Crippen molar-refractivity contribution in [1.29, 1.82) is 5.26 Å². The second-order valence-corrected chi connectivity index (χ2v) is 7.70. The minimum Gasteiger partial charge on any atom is -0.468 e. The van der Waals surface area contributed by atoms with E-state index in [2.05, 4.69) is 16.7 Å². The number of hydrogen-bond acceptors (Lipinski definition) is 8. The Morgan fingerprint density at radius 1 is 1.28 bits per heavy atom. The molecule has 0 fully saturated rings. The molecular weight excluding hydrogens is 432 g/mol. The zero-order chi connectivity index (χ0) is 23.3. The van der Waals surface area contributed by atoms with Crippen LogP contribution in [-0.4, -0.2) is 30.6 Å². The number of amides is 2. The molecule has 1 aliphatic rings. The molecule has 2 amide bonds. The monoisotopic (exact) mass is 452 g/mol. The second kappa shape index (κ2) is 9.89. The molecule has 9 nitrogen and oxygen atoms in total. The predicted octanol–water partition coefficient (Wildman–Crippen LogP) is 2.62. The van der Waals surface area contributed by atoms with E-state index in [9.17, 15) is 19.6 Å². The molecule has 10 heteroatoms. The van der Waals surface area contributed by atoms with Gasteiger partial charge in [-0.3, -0.25) is 9.59 Å². The normalized spacial score (nSPS) is 15.6. The van der Waals surface area contributed by atoms with Gasteiger partial charge in [-0.25, -0.2) is 4.79 Å². The van der Waals surface area contributed by atoms with E-state index < -0.39 is 23.7 Å². The third-order valence-electron chi connectivity index (χ3n) is 4.66. The van der Waals surface area contributed by atoms with Gasteiger partial charge in [-0.2, -0.15) is 5.26 Å². The van der Waals surface area contributed by atoms with Crippen LogP contribution in [0.4, 0.5) is 5.69 Å². The molecular formula is C22H20N4O5S. The van der Waals surface area contributed by atoms with Crippen molar-refractivity contribution in [2.45, 2.75) is 12.8 Å². The summed E-state index contributed by atoms with van der Waals surface area (Å²) in [5.74, 6) is -2.15. The van der Waals surface area contributed by atoms with E-state index in [1.807, 2.05) is 0 Å². The number of rotatable bonds is 7. The number of nitrogens with one attached hydrogen (secondary N) is 2. The van der Waals surface area contributed by atoms with Crippen LogP contribution in [0.1, 0.15) is 29.0 Å². The maximum Gasteiger partial charge on any atom is 0.339 e. The minimum absolute atomic E-state index is 0.0420. The molecule has 0 saturated heterocycles. The van der Waals surface area contributed by atoms with E-state index in [4.69, 9.17) is 14.9 Å². The molecule has 164 valence electrons. The molecule has 0 spiro atoms. The number of benzene rings is 1. The summed E-state index contributed by atoms with van der Waals surface area (Å²) in [5.41, 5.74) is 6.61. The van der Waals surface area contributed by atoms with Gasteiger partial charge in [0.05, 0.1) is 58.5 Å². The third-order valence-corrected chi connectivity index (χ3v) is 5.70. The first-order valence-corrected chi connectivity index (χ1v) is 10.4. The Morgan fingerprint density at radius 2 is 2.03 bits per heavy atom. The molecule has 2 heterocycles. The summed E-state index contributed by atoms with van der Waals surface area (Å²) in [4.78, 5) is 36.7. The van der Waals surface area contributed by atoms with Gasteiger partial charge >= 0.3 is 5.97 Å². The van der Waals surface area contributed by atoms with Crippen LogP contribution in [-0.2, 0) is 14.3 Å². The average Bonchev–Trinajstić information content (AvgIpc) is 3.31. The van der Waals surface area contributed by atoms with E-state index in [0.29, 0.717) is 16.5 Å². The number of primary amides is 1. The number of anilines is 1. The van der Waals surface area contributed by atoms with E-state index in [0.717, 1.165) is 11.8 Å². The van der Waals surface area contributed by atoms with Crippen LogP contribution in [0, 0.1) is 11.3 Å². The molecule has 1 aromatic carbocycles. The Bertz CT molecular complexity index is 1160. The number of hydrogen-bond donors (Lipinski definition) is 3. The number of thioether (sulfide) groups is 1. The minimum atomic E-state index is -0.822. The quantitative estimate of drug-likeness (QED) is 0.543. The molecule has 1 aromatic heterocycles. The van der Waals surface area contributed by atoms with Crippen molar-refractivity contribution in [3.05, 3.63) is 75.9 Å². The van der Waals surface area contributed by atoms with Gasteiger partial charge in [-0.1, -0.05) is 23.9 Å². The summed E-state index contributed by atoms with van der Waals surface area (Å²) in [7, 11) is 1.25. The first-order valence-electron chi connectivity index (χ1n) is 9.42. The fourth-order valence-corrected chi connectivity index (χ4v) is 4.11. The van der Waals surface area contributed by atoms with Gasteiger partial charge in [-0.15, -0.1) is 0 Å². The van der Waals surface area contributed by atoms with Gasteiger partial charge in [0.15, 0.2) is 0 Å². The lowest BCUT2D eigenvalue weighted by atomic mass is 9.85. The van der Waals surface area contributed by atoms with Crippen LogP contribution in [0.5, 0.6) is 0 Å². The Balaban J connectivity index is 2.02. The summed E-state index contributed by atoms with van der Waals surface area (Å²) >= 11 is 1.07. The first-order chi connectivity index (χ1) is 15.4. The van der Waals surface area contributed by atoms with E-state index in [1.165, 1.54) is 19.4 Å². The van der Waals surface area contributed by atoms with E-state index >= 15 is 0 Å². The van der Waals surface area contributed by atoms with Crippen LogP contribution >= 0.6 is 11.8 Å². The molecule has 32 heavy (non-hydrogen) atoms. The number of methoxy groups -OCH3 is 1. The Morgan fingerprint density at radius 3 is 2.66 bits per heavy atom. The highest BCUT2D eigenvalue weighted by Gasteiger charge is 2.36. The number of para-hydroxylation sites is 1. The highest BCUT2D eigenvalue weighted by Crippen LogP contribution is 2.41. The maximum absolute atomic E-state index is 13.4. The number of allylic oxidation sites excluding steroid dienone is 2. The van der Waals surface area contributed by atoms with Crippen molar-refractivity contribution in [3.63, 3.8) is 0 Å². The van der Waals surface area contributed by atoms with Crippen LogP contribution in [0.3, 0.4) is 0 Å². The smallest absolute Gasteiger partial charge is 0.339 e. The van der Waals surface area contributed by atoms with Crippen LogP contribution < -0.4 is 16.4 Å². The highest BCUT2D eigenvalue weighted by atomic mass is 32.2. The molecule has 4 N–H and O–H groups in total. The Labute approximate surface area is 188 Å². The van der Waals surface area contributed by atoms with Gasteiger partial charge in [0.25, 0.3) is 5.91 Å². The number of dihydropyridines is 1. The number of ether oxygens (including phenoxy) is 1. The van der Waals surface area contributed by atoms with Crippen LogP contribution in [0.25, 0.3) is 0 Å². The summed E-state index contributed by atoms with van der Waals surface area (Å²) in [6.45, 7) is 1.68. The number of carbonyl (C=O) groups is 3. The zero-order valence-electron chi connectivity index (χ0n) is 17.3. The van der Waals surface area contributed by atoms with Gasteiger partial charge < -0.3 is 25.5 Å². The summed E-state index contributed by atoms with van der Waals surface area (Å²) < 4.78 is 10.3. The van der Waals surface area contributed by atoms with E-state index in [1.54, 1.807) is 37.3 Å². The molecule has 1 atom stereocenters. The number of nitriles is 1. The zero-order valence-corrected chi connectivity index (χ0v) is 18.1. The molecule has 1 aliphatic heterocycles. The lowest BCUT2D eigenvalue weighted by Gasteiger charge is -2.28. The molecule has 0 saturated carbocycles. The summed E-state index contributed by atoms with van der Waals surface area (Å²) in [5, 5.41) is 16.1. The standard InChI is InChI=1S/C22H20N4O5S/c1-12-18(20(28)26-15-7-4-3-6-13(15)22(29)30-2)19(16-8-5-9-31-16)14(10-23)21(25-12)32-11-17(24)27/h3-9,19,25H,11H2,1-2H3,(H2,24,27)(H,26,28)/t19-/m0/s1. The number of nitrogens with zero attached hydrogens (tertiary/aromatic N) is 1. The second-order valence-electron chi connectivity index (χ2n) is 6.71. The predicted molar refractivity (Wildman–Crippen MR) is 118 cm³/mol. The topological polar surface area (TPSA) is 147 Å². The lowest BCUT2D eigenvalue weighted by Crippen LogP contribution is -2.31.